The lowest BCUT2D eigenvalue weighted by molar-refractivity contribution is 0.103. The molecule has 1 N–H and O–H groups in total. The summed E-state index contributed by atoms with van der Waals surface area (Å²) in [6, 6.07) is 11.5. The summed E-state index contributed by atoms with van der Waals surface area (Å²) >= 11 is 4.73. The summed E-state index contributed by atoms with van der Waals surface area (Å²) < 4.78 is 0.794. The lowest BCUT2D eigenvalue weighted by Crippen LogP contribution is -2.14. The smallest absolute Gasteiger partial charge is 0.266 e. The van der Waals surface area contributed by atoms with Crippen LogP contribution in [-0.2, 0) is 5.41 Å². The SMILES string of the molecule is CC(C)(C#N)c1ccc(NC(=O)c2sccc2Br)cc1. The van der Waals surface area contributed by atoms with E-state index >= 15 is 0 Å². The molecule has 3 nitrogen and oxygen atoms in total. The molecule has 0 radical (unpaired) electrons. The number of hydrogen-bond donors (Lipinski definition) is 1. The summed E-state index contributed by atoms with van der Waals surface area (Å²) in [5.74, 6) is -0.140. The summed E-state index contributed by atoms with van der Waals surface area (Å²) in [4.78, 5) is 12.7. The van der Waals surface area contributed by atoms with Crippen molar-refractivity contribution in [2.24, 2.45) is 0 Å². The fourth-order valence-electron chi connectivity index (χ4n) is 1.68. The maximum Gasteiger partial charge on any atom is 0.266 e. The minimum atomic E-state index is -0.528. The minimum Gasteiger partial charge on any atom is -0.321 e. The molecule has 0 aliphatic rings. The van der Waals surface area contributed by atoms with Crippen molar-refractivity contribution < 1.29 is 4.79 Å². The van der Waals surface area contributed by atoms with E-state index in [1.807, 2.05) is 49.6 Å². The van der Waals surface area contributed by atoms with Crippen molar-refractivity contribution in [2.75, 3.05) is 5.32 Å². The van der Waals surface area contributed by atoms with Crippen LogP contribution in [0.15, 0.2) is 40.2 Å². The second-order valence-corrected chi connectivity index (χ2v) is 6.64. The Morgan fingerprint density at radius 2 is 1.95 bits per heavy atom. The van der Waals surface area contributed by atoms with E-state index in [1.165, 1.54) is 11.3 Å². The van der Waals surface area contributed by atoms with E-state index in [4.69, 9.17) is 5.26 Å². The summed E-state index contributed by atoms with van der Waals surface area (Å²) in [6.45, 7) is 3.73. The number of rotatable bonds is 3. The van der Waals surface area contributed by atoms with Gasteiger partial charge in [0.25, 0.3) is 5.91 Å². The van der Waals surface area contributed by atoms with Gasteiger partial charge in [0.1, 0.15) is 4.88 Å². The van der Waals surface area contributed by atoms with Gasteiger partial charge in [0, 0.05) is 10.2 Å². The van der Waals surface area contributed by atoms with Crippen LogP contribution in [-0.4, -0.2) is 5.91 Å². The first-order chi connectivity index (χ1) is 9.44. The number of hydrogen-bond acceptors (Lipinski definition) is 3. The molecule has 0 atom stereocenters. The number of thiophene rings is 1. The molecule has 20 heavy (non-hydrogen) atoms. The van der Waals surface area contributed by atoms with Crippen molar-refractivity contribution in [2.45, 2.75) is 19.3 Å². The predicted octanol–water partition coefficient (Wildman–Crippen LogP) is 4.56. The molecule has 0 bridgehead atoms. The van der Waals surface area contributed by atoms with E-state index in [-0.39, 0.29) is 5.91 Å². The van der Waals surface area contributed by atoms with Gasteiger partial charge in [0.05, 0.1) is 11.5 Å². The van der Waals surface area contributed by atoms with E-state index in [0.717, 1.165) is 10.0 Å². The molecular weight excluding hydrogens is 336 g/mol. The lowest BCUT2D eigenvalue weighted by atomic mass is 9.86. The van der Waals surface area contributed by atoms with Gasteiger partial charge in [-0.3, -0.25) is 4.79 Å². The van der Waals surface area contributed by atoms with Crippen LogP contribution in [0.5, 0.6) is 0 Å². The normalized spacial score (nSPS) is 10.9. The molecule has 2 aromatic rings. The number of nitrogens with one attached hydrogen (secondary N) is 1. The first-order valence-corrected chi connectivity index (χ1v) is 7.67. The van der Waals surface area contributed by atoms with Gasteiger partial charge in [-0.15, -0.1) is 11.3 Å². The highest BCUT2D eigenvalue weighted by Gasteiger charge is 2.19. The summed E-state index contributed by atoms with van der Waals surface area (Å²) in [6.07, 6.45) is 0. The number of benzene rings is 1. The average molecular weight is 349 g/mol. The second kappa shape index (κ2) is 5.78. The average Bonchev–Trinajstić information content (AvgIpc) is 2.85. The van der Waals surface area contributed by atoms with E-state index < -0.39 is 5.41 Å². The Hall–Kier alpha value is -1.64. The molecule has 0 aliphatic carbocycles. The Balaban J connectivity index is 2.15. The monoisotopic (exact) mass is 348 g/mol. The molecule has 0 unspecified atom stereocenters. The van der Waals surface area contributed by atoms with Crippen LogP contribution < -0.4 is 5.32 Å². The molecule has 2 rings (SSSR count). The third-order valence-electron chi connectivity index (χ3n) is 2.97. The Morgan fingerprint density at radius 1 is 1.30 bits per heavy atom. The highest BCUT2D eigenvalue weighted by atomic mass is 79.9. The topological polar surface area (TPSA) is 52.9 Å². The van der Waals surface area contributed by atoms with Gasteiger partial charge < -0.3 is 5.32 Å². The molecule has 102 valence electrons. The fraction of sp³-hybridized carbons (Fsp3) is 0.200. The molecule has 5 heteroatoms. The number of nitrogens with zero attached hydrogens (tertiary/aromatic N) is 1. The van der Waals surface area contributed by atoms with Crippen LogP contribution in [0.4, 0.5) is 5.69 Å². The summed E-state index contributed by atoms with van der Waals surface area (Å²) in [7, 11) is 0. The Kier molecular flexibility index (Phi) is 4.26. The standard InChI is InChI=1S/C15H13BrN2OS/c1-15(2,9-17)10-3-5-11(6-4-10)18-14(19)13-12(16)7-8-20-13/h3-8H,1-2H3,(H,18,19). The van der Waals surface area contributed by atoms with Gasteiger partial charge in [-0.25, -0.2) is 0 Å². The van der Waals surface area contributed by atoms with Gasteiger partial charge in [-0.2, -0.15) is 5.26 Å². The number of halogens is 1. The molecule has 0 saturated heterocycles. The van der Waals surface area contributed by atoms with Crippen LogP contribution in [0.3, 0.4) is 0 Å². The van der Waals surface area contributed by atoms with Crippen molar-refractivity contribution in [3.63, 3.8) is 0 Å². The van der Waals surface area contributed by atoms with Crippen molar-refractivity contribution in [3.8, 4) is 6.07 Å². The number of anilines is 1. The molecule has 0 fully saturated rings. The molecule has 0 spiro atoms. The highest BCUT2D eigenvalue weighted by Crippen LogP contribution is 2.26. The molecular formula is C15H13BrN2OS. The van der Waals surface area contributed by atoms with E-state index in [0.29, 0.717) is 10.6 Å². The van der Waals surface area contributed by atoms with Gasteiger partial charge in [0.15, 0.2) is 0 Å². The zero-order chi connectivity index (χ0) is 14.8. The number of amides is 1. The molecule has 1 heterocycles. The van der Waals surface area contributed by atoms with E-state index in [9.17, 15) is 4.79 Å². The van der Waals surface area contributed by atoms with Crippen LogP contribution in [0, 0.1) is 11.3 Å². The zero-order valence-electron chi connectivity index (χ0n) is 11.1. The number of nitriles is 1. The molecule has 1 aromatic carbocycles. The second-order valence-electron chi connectivity index (χ2n) is 4.87. The predicted molar refractivity (Wildman–Crippen MR) is 85.1 cm³/mol. The Morgan fingerprint density at radius 3 is 2.45 bits per heavy atom. The van der Waals surface area contributed by atoms with Crippen molar-refractivity contribution in [3.05, 3.63) is 50.6 Å². The number of carbonyl (C=O) groups is 1. The largest absolute Gasteiger partial charge is 0.321 e. The van der Waals surface area contributed by atoms with Gasteiger partial charge in [0.2, 0.25) is 0 Å². The van der Waals surface area contributed by atoms with E-state index in [1.54, 1.807) is 0 Å². The van der Waals surface area contributed by atoms with Gasteiger partial charge in [-0.05, 0) is 58.9 Å². The van der Waals surface area contributed by atoms with Gasteiger partial charge in [-0.1, -0.05) is 12.1 Å². The third kappa shape index (κ3) is 3.09. The van der Waals surface area contributed by atoms with E-state index in [2.05, 4.69) is 27.3 Å². The van der Waals surface area contributed by atoms with Crippen molar-refractivity contribution >= 4 is 38.9 Å². The molecule has 0 aliphatic heterocycles. The van der Waals surface area contributed by atoms with Crippen LogP contribution in [0.1, 0.15) is 29.1 Å². The molecule has 0 saturated carbocycles. The number of carbonyl (C=O) groups excluding carboxylic acids is 1. The zero-order valence-corrected chi connectivity index (χ0v) is 13.5. The quantitative estimate of drug-likeness (QED) is 0.883. The highest BCUT2D eigenvalue weighted by molar-refractivity contribution is 9.10. The maximum absolute atomic E-state index is 12.1. The summed E-state index contributed by atoms with van der Waals surface area (Å²) in [5.41, 5.74) is 1.11. The van der Waals surface area contributed by atoms with Crippen LogP contribution >= 0.6 is 27.3 Å². The van der Waals surface area contributed by atoms with Crippen molar-refractivity contribution in [1.29, 1.82) is 5.26 Å². The maximum atomic E-state index is 12.1. The van der Waals surface area contributed by atoms with Crippen LogP contribution in [0.2, 0.25) is 0 Å². The van der Waals surface area contributed by atoms with Crippen molar-refractivity contribution in [1.82, 2.24) is 0 Å². The Bertz CT molecular complexity index is 668. The summed E-state index contributed by atoms with van der Waals surface area (Å²) in [5, 5.41) is 13.8. The first kappa shape index (κ1) is 14.8. The third-order valence-corrected chi connectivity index (χ3v) is 4.80. The van der Waals surface area contributed by atoms with Gasteiger partial charge >= 0.3 is 0 Å². The Labute approximate surface area is 130 Å². The first-order valence-electron chi connectivity index (χ1n) is 6.00. The fourth-order valence-corrected chi connectivity index (χ4v) is 3.12. The van der Waals surface area contributed by atoms with Crippen LogP contribution in [0.25, 0.3) is 0 Å². The minimum absolute atomic E-state index is 0.140. The molecule has 1 aromatic heterocycles. The lowest BCUT2D eigenvalue weighted by Gasteiger charge is -2.16. The molecule has 1 amide bonds.